The molecular formula is C10H3Cl3N2O4. The van der Waals surface area contributed by atoms with E-state index < -0.39 is 32.5 Å². The normalized spacial score (nSPS) is 15.4. The van der Waals surface area contributed by atoms with E-state index in [0.29, 0.717) is 4.90 Å². The number of amides is 2. The molecule has 0 fully saturated rings. The lowest BCUT2D eigenvalue weighted by Crippen LogP contribution is -2.30. The number of nitro benzene ring substituents is 1. The molecule has 0 aliphatic carbocycles. The summed E-state index contributed by atoms with van der Waals surface area (Å²) in [7, 11) is 0. The van der Waals surface area contributed by atoms with E-state index in [2.05, 4.69) is 0 Å². The molecule has 9 heteroatoms. The first-order chi connectivity index (χ1) is 8.84. The van der Waals surface area contributed by atoms with Crippen molar-refractivity contribution in [1.29, 1.82) is 0 Å². The monoisotopic (exact) mass is 320 g/mol. The second kappa shape index (κ2) is 4.80. The van der Waals surface area contributed by atoms with E-state index in [1.807, 2.05) is 0 Å². The van der Waals surface area contributed by atoms with Crippen LogP contribution in [-0.2, 0) is 9.59 Å². The lowest BCUT2D eigenvalue weighted by atomic mass is 10.2. The number of nitro groups is 1. The van der Waals surface area contributed by atoms with Gasteiger partial charge in [-0.15, -0.1) is 0 Å². The molecule has 0 atom stereocenters. The van der Waals surface area contributed by atoms with Gasteiger partial charge in [-0.3, -0.25) is 19.7 Å². The first kappa shape index (κ1) is 13.8. The van der Waals surface area contributed by atoms with Gasteiger partial charge in [0.25, 0.3) is 17.5 Å². The van der Waals surface area contributed by atoms with Crippen LogP contribution in [0, 0.1) is 10.1 Å². The van der Waals surface area contributed by atoms with Crippen LogP contribution in [0.25, 0.3) is 0 Å². The molecule has 0 N–H and O–H groups in total. The molecule has 6 nitrogen and oxygen atoms in total. The molecule has 2 amide bonds. The van der Waals surface area contributed by atoms with Crippen LogP contribution >= 0.6 is 34.8 Å². The van der Waals surface area contributed by atoms with Crippen LogP contribution in [0.5, 0.6) is 0 Å². The maximum atomic E-state index is 11.7. The summed E-state index contributed by atoms with van der Waals surface area (Å²) in [4.78, 5) is 34.1. The van der Waals surface area contributed by atoms with Gasteiger partial charge < -0.3 is 0 Å². The number of halogens is 3. The van der Waals surface area contributed by atoms with Gasteiger partial charge >= 0.3 is 0 Å². The zero-order valence-electron chi connectivity index (χ0n) is 8.89. The topological polar surface area (TPSA) is 80.5 Å². The van der Waals surface area contributed by atoms with E-state index in [4.69, 9.17) is 34.8 Å². The number of anilines is 1. The third kappa shape index (κ3) is 2.18. The van der Waals surface area contributed by atoms with Crippen molar-refractivity contribution in [3.8, 4) is 0 Å². The quantitative estimate of drug-likeness (QED) is 0.476. The van der Waals surface area contributed by atoms with E-state index in [9.17, 15) is 19.7 Å². The summed E-state index contributed by atoms with van der Waals surface area (Å²) in [6, 6.07) is 3.48. The SMILES string of the molecule is O=C1C(Cl)=C(Cl)C(=O)N1c1ccc(Cl)c([N+](=O)[O-])c1. The number of imide groups is 1. The molecule has 0 aromatic heterocycles. The fraction of sp³-hybridized carbons (Fsp3) is 0. The average Bonchev–Trinajstić information content (AvgIpc) is 2.55. The van der Waals surface area contributed by atoms with Crippen LogP contribution in [0.3, 0.4) is 0 Å². The molecule has 0 unspecified atom stereocenters. The summed E-state index contributed by atoms with van der Waals surface area (Å²) in [5, 5.41) is 9.78. The van der Waals surface area contributed by atoms with Crippen molar-refractivity contribution in [1.82, 2.24) is 0 Å². The molecule has 1 heterocycles. The highest BCUT2D eigenvalue weighted by Crippen LogP contribution is 2.35. The van der Waals surface area contributed by atoms with Crippen molar-refractivity contribution in [3.63, 3.8) is 0 Å². The maximum Gasteiger partial charge on any atom is 0.289 e. The molecule has 98 valence electrons. The van der Waals surface area contributed by atoms with Crippen LogP contribution in [0.1, 0.15) is 0 Å². The molecule has 1 aromatic carbocycles. The Balaban J connectivity index is 2.51. The van der Waals surface area contributed by atoms with Gasteiger partial charge in [0.1, 0.15) is 15.1 Å². The third-order valence-corrected chi connectivity index (χ3v) is 3.48. The van der Waals surface area contributed by atoms with Gasteiger partial charge in [0.15, 0.2) is 0 Å². The Morgan fingerprint density at radius 2 is 1.58 bits per heavy atom. The molecule has 1 aliphatic rings. The number of hydrogen-bond donors (Lipinski definition) is 0. The molecule has 19 heavy (non-hydrogen) atoms. The molecule has 0 bridgehead atoms. The standard InChI is InChI=1S/C10H3Cl3N2O4/c11-5-2-1-4(3-6(5)15(18)19)14-9(16)7(12)8(13)10(14)17/h1-3H. The van der Waals surface area contributed by atoms with E-state index in [1.165, 1.54) is 12.1 Å². The molecule has 1 aromatic rings. The van der Waals surface area contributed by atoms with Crippen LogP contribution in [-0.4, -0.2) is 16.7 Å². The number of carbonyl (C=O) groups excluding carboxylic acids is 2. The van der Waals surface area contributed by atoms with Crippen LogP contribution in [0.2, 0.25) is 5.02 Å². The lowest BCUT2D eigenvalue weighted by molar-refractivity contribution is -0.384. The Kier molecular flexibility index (Phi) is 3.49. The molecule has 0 saturated carbocycles. The smallest absolute Gasteiger partial charge is 0.267 e. The highest BCUT2D eigenvalue weighted by molar-refractivity contribution is 6.62. The minimum atomic E-state index is -0.840. The van der Waals surface area contributed by atoms with Gasteiger partial charge in [-0.1, -0.05) is 34.8 Å². The molecule has 0 spiro atoms. The third-order valence-electron chi connectivity index (χ3n) is 2.36. The minimum absolute atomic E-state index is 0.0279. The Labute approximate surface area is 121 Å². The Morgan fingerprint density at radius 3 is 2.05 bits per heavy atom. The number of rotatable bonds is 2. The Hall–Kier alpha value is -1.63. The first-order valence-electron chi connectivity index (χ1n) is 4.72. The summed E-state index contributed by atoms with van der Waals surface area (Å²) in [5.74, 6) is -1.68. The molecule has 0 radical (unpaired) electrons. The molecule has 1 aliphatic heterocycles. The predicted octanol–water partition coefficient (Wildman–Crippen LogP) is 2.81. The van der Waals surface area contributed by atoms with Gasteiger partial charge in [-0.25, -0.2) is 4.90 Å². The van der Waals surface area contributed by atoms with Gasteiger partial charge in [0, 0.05) is 6.07 Å². The van der Waals surface area contributed by atoms with Crippen molar-refractivity contribution in [2.75, 3.05) is 4.90 Å². The zero-order valence-corrected chi connectivity index (χ0v) is 11.2. The Bertz CT molecular complexity index is 632. The first-order valence-corrected chi connectivity index (χ1v) is 5.86. The van der Waals surface area contributed by atoms with Gasteiger partial charge in [0.05, 0.1) is 10.6 Å². The molecule has 2 rings (SSSR count). The van der Waals surface area contributed by atoms with Crippen molar-refractivity contribution >= 4 is 58.0 Å². The predicted molar refractivity (Wildman–Crippen MR) is 69.3 cm³/mol. The average molecular weight is 322 g/mol. The van der Waals surface area contributed by atoms with Crippen LogP contribution in [0.4, 0.5) is 11.4 Å². The summed E-state index contributed by atoms with van der Waals surface area (Å²) in [6.07, 6.45) is 0. The maximum absolute atomic E-state index is 11.7. The Morgan fingerprint density at radius 1 is 1.05 bits per heavy atom. The van der Waals surface area contributed by atoms with Gasteiger partial charge in [-0.05, 0) is 12.1 Å². The van der Waals surface area contributed by atoms with Gasteiger partial charge in [-0.2, -0.15) is 0 Å². The number of hydrogen-bond acceptors (Lipinski definition) is 4. The summed E-state index contributed by atoms with van der Waals surface area (Å²) in [5.41, 5.74) is -0.459. The highest BCUT2D eigenvalue weighted by Gasteiger charge is 2.38. The second-order valence-corrected chi connectivity index (χ2v) is 4.63. The summed E-state index contributed by atoms with van der Waals surface area (Å²) >= 11 is 16.8. The zero-order chi connectivity index (χ0) is 14.3. The van der Waals surface area contributed by atoms with E-state index in [0.717, 1.165) is 6.07 Å². The van der Waals surface area contributed by atoms with Crippen LogP contribution in [0.15, 0.2) is 28.3 Å². The van der Waals surface area contributed by atoms with E-state index in [-0.39, 0.29) is 10.7 Å². The lowest BCUT2D eigenvalue weighted by Gasteiger charge is -2.13. The fourth-order valence-electron chi connectivity index (χ4n) is 1.49. The number of carbonyl (C=O) groups is 2. The largest absolute Gasteiger partial charge is 0.289 e. The number of nitrogens with zero attached hydrogens (tertiary/aromatic N) is 2. The second-order valence-electron chi connectivity index (χ2n) is 3.47. The minimum Gasteiger partial charge on any atom is -0.267 e. The van der Waals surface area contributed by atoms with E-state index in [1.54, 1.807) is 0 Å². The van der Waals surface area contributed by atoms with E-state index >= 15 is 0 Å². The van der Waals surface area contributed by atoms with Gasteiger partial charge in [0.2, 0.25) is 0 Å². The van der Waals surface area contributed by atoms with Crippen LogP contribution < -0.4 is 4.90 Å². The van der Waals surface area contributed by atoms with Crippen molar-refractivity contribution in [2.24, 2.45) is 0 Å². The summed E-state index contributed by atoms with van der Waals surface area (Å²) in [6.45, 7) is 0. The highest BCUT2D eigenvalue weighted by atomic mass is 35.5. The van der Waals surface area contributed by atoms with Crippen molar-refractivity contribution in [3.05, 3.63) is 43.4 Å². The number of benzene rings is 1. The molecular weight excluding hydrogens is 318 g/mol. The summed E-state index contributed by atoms with van der Waals surface area (Å²) < 4.78 is 0. The fourth-order valence-corrected chi connectivity index (χ4v) is 2.01. The van der Waals surface area contributed by atoms with Crippen molar-refractivity contribution < 1.29 is 14.5 Å². The molecule has 0 saturated heterocycles. The van der Waals surface area contributed by atoms with Crippen molar-refractivity contribution in [2.45, 2.75) is 0 Å².